The Bertz CT molecular complexity index is 917. The third-order valence-corrected chi connectivity index (χ3v) is 6.19. The minimum atomic E-state index is -0.278. The molecule has 0 aliphatic carbocycles. The van der Waals surface area contributed by atoms with Gasteiger partial charge in [-0.25, -0.2) is 13.6 Å². The molecule has 154 valence electrons. The molecule has 0 N–H and O–H groups in total. The van der Waals surface area contributed by atoms with E-state index in [1.807, 2.05) is 23.1 Å². The first kappa shape index (κ1) is 19.8. The van der Waals surface area contributed by atoms with Crippen LogP contribution in [0.15, 0.2) is 42.5 Å². The molecule has 4 nitrogen and oxygen atoms in total. The molecule has 0 unspecified atom stereocenters. The Hall–Kier alpha value is -2.47. The van der Waals surface area contributed by atoms with Crippen LogP contribution >= 0.6 is 0 Å². The van der Waals surface area contributed by atoms with Crippen LogP contribution in [0.3, 0.4) is 0 Å². The molecule has 0 bridgehead atoms. The second-order valence-corrected chi connectivity index (χ2v) is 8.53. The predicted molar refractivity (Wildman–Crippen MR) is 108 cm³/mol. The molecule has 4 rings (SSSR count). The van der Waals surface area contributed by atoms with E-state index in [9.17, 15) is 13.6 Å². The maximum absolute atomic E-state index is 13.9. The summed E-state index contributed by atoms with van der Waals surface area (Å²) in [5.74, 6) is 0.131. The fraction of sp³-hybridized carbons (Fsp3) is 0.435. The van der Waals surface area contributed by atoms with E-state index >= 15 is 0 Å². The van der Waals surface area contributed by atoms with Crippen LogP contribution in [0, 0.1) is 30.4 Å². The molecular formula is C23H27F2N3O. The van der Waals surface area contributed by atoms with Gasteiger partial charge in [0.1, 0.15) is 11.6 Å². The number of urea groups is 1. The van der Waals surface area contributed by atoms with Gasteiger partial charge in [0.05, 0.1) is 6.04 Å². The normalized spacial score (nSPS) is 24.0. The van der Waals surface area contributed by atoms with E-state index in [0.29, 0.717) is 18.0 Å². The zero-order valence-electron chi connectivity index (χ0n) is 17.1. The van der Waals surface area contributed by atoms with Gasteiger partial charge in [-0.15, -0.1) is 0 Å². The number of nitrogens with zero attached hydrogens (tertiary/aromatic N) is 3. The molecule has 2 heterocycles. The lowest BCUT2D eigenvalue weighted by atomic mass is 9.89. The number of amides is 2. The van der Waals surface area contributed by atoms with E-state index in [4.69, 9.17) is 0 Å². The minimum absolute atomic E-state index is 0.0330. The summed E-state index contributed by atoms with van der Waals surface area (Å²) in [5.41, 5.74) is 2.60. The van der Waals surface area contributed by atoms with E-state index in [1.165, 1.54) is 12.1 Å². The van der Waals surface area contributed by atoms with Gasteiger partial charge in [0, 0.05) is 46.2 Å². The first-order chi connectivity index (χ1) is 13.8. The molecule has 2 aromatic rings. The van der Waals surface area contributed by atoms with Gasteiger partial charge in [0.15, 0.2) is 0 Å². The number of carbonyl (C=O) groups excluding carboxylic acids is 1. The Morgan fingerprint density at radius 1 is 1.10 bits per heavy atom. The number of carbonyl (C=O) groups is 1. The first-order valence-corrected chi connectivity index (χ1v) is 10.0. The Labute approximate surface area is 170 Å². The van der Waals surface area contributed by atoms with Crippen LogP contribution in [0.4, 0.5) is 13.6 Å². The highest BCUT2D eigenvalue weighted by Gasteiger charge is 2.49. The predicted octanol–water partition coefficient (Wildman–Crippen LogP) is 4.06. The summed E-state index contributed by atoms with van der Waals surface area (Å²) in [4.78, 5) is 18.6. The SMILES string of the molecule is Cc1cc(CN2C[C@@H]3CN(C(=O)N(C)C)[C@@H](c4cccc(F)c4)[C@@H]3C2)ccc1F. The Morgan fingerprint density at radius 2 is 1.90 bits per heavy atom. The van der Waals surface area contributed by atoms with Crippen molar-refractivity contribution >= 4 is 6.03 Å². The minimum Gasteiger partial charge on any atom is -0.331 e. The molecule has 29 heavy (non-hydrogen) atoms. The molecule has 2 aliphatic heterocycles. The fourth-order valence-electron chi connectivity index (χ4n) is 4.90. The zero-order valence-corrected chi connectivity index (χ0v) is 17.1. The van der Waals surface area contributed by atoms with Crippen LogP contribution in [0.2, 0.25) is 0 Å². The monoisotopic (exact) mass is 399 g/mol. The summed E-state index contributed by atoms with van der Waals surface area (Å²) in [6, 6.07) is 11.7. The van der Waals surface area contributed by atoms with Crippen molar-refractivity contribution in [3.63, 3.8) is 0 Å². The molecule has 2 fully saturated rings. The summed E-state index contributed by atoms with van der Waals surface area (Å²) in [7, 11) is 3.50. The van der Waals surface area contributed by atoms with Crippen LogP contribution in [0.5, 0.6) is 0 Å². The van der Waals surface area contributed by atoms with Crippen molar-refractivity contribution in [3.05, 3.63) is 70.8 Å². The second-order valence-electron chi connectivity index (χ2n) is 8.53. The van der Waals surface area contributed by atoms with Crippen LogP contribution in [-0.4, -0.2) is 54.5 Å². The molecule has 0 aromatic heterocycles. The third-order valence-electron chi connectivity index (χ3n) is 6.19. The highest BCUT2D eigenvalue weighted by Crippen LogP contribution is 2.45. The summed E-state index contributed by atoms with van der Waals surface area (Å²) in [5, 5.41) is 0. The zero-order chi connectivity index (χ0) is 20.7. The van der Waals surface area contributed by atoms with E-state index < -0.39 is 0 Å². The molecule has 3 atom stereocenters. The lowest BCUT2D eigenvalue weighted by Gasteiger charge is -2.32. The number of rotatable bonds is 3. The Morgan fingerprint density at radius 3 is 2.59 bits per heavy atom. The number of hydrogen-bond acceptors (Lipinski definition) is 2. The summed E-state index contributed by atoms with van der Waals surface area (Å²) in [6.45, 7) is 4.92. The maximum atomic E-state index is 13.9. The van der Waals surface area contributed by atoms with Gasteiger partial charge < -0.3 is 9.80 Å². The van der Waals surface area contributed by atoms with E-state index in [-0.39, 0.29) is 29.6 Å². The third kappa shape index (κ3) is 3.86. The van der Waals surface area contributed by atoms with Crippen molar-refractivity contribution in [2.45, 2.75) is 19.5 Å². The molecule has 2 amide bonds. The van der Waals surface area contributed by atoms with Gasteiger partial charge in [-0.2, -0.15) is 0 Å². The number of benzene rings is 2. The highest BCUT2D eigenvalue weighted by atomic mass is 19.1. The van der Waals surface area contributed by atoms with Crippen molar-refractivity contribution in [1.29, 1.82) is 0 Å². The second kappa shape index (κ2) is 7.75. The quantitative estimate of drug-likeness (QED) is 0.778. The number of hydrogen-bond donors (Lipinski definition) is 0. The molecule has 0 spiro atoms. The molecule has 6 heteroatoms. The van der Waals surface area contributed by atoms with E-state index in [2.05, 4.69) is 4.90 Å². The summed E-state index contributed by atoms with van der Waals surface area (Å²) >= 11 is 0. The topological polar surface area (TPSA) is 26.8 Å². The van der Waals surface area contributed by atoms with Crippen LogP contribution < -0.4 is 0 Å². The van der Waals surface area contributed by atoms with Crippen LogP contribution in [0.1, 0.15) is 22.7 Å². The van der Waals surface area contributed by atoms with Crippen LogP contribution in [0.25, 0.3) is 0 Å². The van der Waals surface area contributed by atoms with Crippen molar-refractivity contribution in [1.82, 2.24) is 14.7 Å². The van der Waals surface area contributed by atoms with Gasteiger partial charge >= 0.3 is 6.03 Å². The molecule has 2 aromatic carbocycles. The fourth-order valence-corrected chi connectivity index (χ4v) is 4.90. The Balaban J connectivity index is 1.56. The van der Waals surface area contributed by atoms with Crippen molar-refractivity contribution in [2.24, 2.45) is 11.8 Å². The molecular weight excluding hydrogens is 372 g/mol. The maximum Gasteiger partial charge on any atom is 0.320 e. The van der Waals surface area contributed by atoms with Crippen LogP contribution in [-0.2, 0) is 6.54 Å². The smallest absolute Gasteiger partial charge is 0.320 e. The lowest BCUT2D eigenvalue weighted by molar-refractivity contribution is 0.151. The average molecular weight is 399 g/mol. The van der Waals surface area contributed by atoms with Crippen molar-refractivity contribution in [2.75, 3.05) is 33.7 Å². The largest absolute Gasteiger partial charge is 0.331 e. The number of halogens is 2. The molecule has 0 saturated carbocycles. The van der Waals surface area contributed by atoms with Gasteiger partial charge in [0.2, 0.25) is 0 Å². The first-order valence-electron chi connectivity index (χ1n) is 10.0. The molecule has 2 saturated heterocycles. The number of likely N-dealkylation sites (tertiary alicyclic amines) is 2. The summed E-state index contributed by atoms with van der Waals surface area (Å²) < 4.78 is 27.5. The number of aryl methyl sites for hydroxylation is 1. The van der Waals surface area contributed by atoms with E-state index in [1.54, 1.807) is 38.1 Å². The highest BCUT2D eigenvalue weighted by molar-refractivity contribution is 5.75. The van der Waals surface area contributed by atoms with E-state index in [0.717, 1.165) is 30.8 Å². The molecule has 2 aliphatic rings. The number of fused-ring (bicyclic) bond motifs is 1. The summed E-state index contributed by atoms with van der Waals surface area (Å²) in [6.07, 6.45) is 0. The van der Waals surface area contributed by atoms with Gasteiger partial charge in [0.25, 0.3) is 0 Å². The van der Waals surface area contributed by atoms with Crippen molar-refractivity contribution < 1.29 is 13.6 Å². The lowest BCUT2D eigenvalue weighted by Crippen LogP contribution is -2.41. The van der Waals surface area contributed by atoms with Gasteiger partial charge in [-0.3, -0.25) is 4.90 Å². The van der Waals surface area contributed by atoms with Crippen molar-refractivity contribution in [3.8, 4) is 0 Å². The standard InChI is InChI=1S/C23H27F2N3O/c1-15-9-16(7-8-21(15)25)11-27-12-18-13-28(23(29)26(2)3)22(20(18)14-27)17-5-4-6-19(24)10-17/h4-10,18,20,22H,11-14H2,1-3H3/t18-,20-,22+/m1/s1. The van der Waals surface area contributed by atoms with Gasteiger partial charge in [-0.05, 0) is 47.7 Å². The molecule has 0 radical (unpaired) electrons. The average Bonchev–Trinajstić information content (AvgIpc) is 3.21. The Kier molecular flexibility index (Phi) is 5.30. The van der Waals surface area contributed by atoms with Gasteiger partial charge in [-0.1, -0.05) is 24.3 Å².